The molecule has 0 radical (unpaired) electrons. The Labute approximate surface area is 131 Å². The SMILES string of the molecule is CCn1nnc2c(=O)n(CC(=O)c3ccc(OC)cc3)cnc21. The van der Waals surface area contributed by atoms with E-state index in [2.05, 4.69) is 15.3 Å². The van der Waals surface area contributed by atoms with Crippen LogP contribution in [0.4, 0.5) is 0 Å². The molecule has 0 fully saturated rings. The number of carbonyl (C=O) groups excluding carboxylic acids is 1. The fourth-order valence-corrected chi connectivity index (χ4v) is 2.24. The molecule has 118 valence electrons. The Morgan fingerprint density at radius 1 is 1.26 bits per heavy atom. The molecular weight excluding hydrogens is 298 g/mol. The molecule has 23 heavy (non-hydrogen) atoms. The highest BCUT2D eigenvalue weighted by Gasteiger charge is 2.14. The molecule has 0 bridgehead atoms. The topological polar surface area (TPSA) is 91.9 Å². The summed E-state index contributed by atoms with van der Waals surface area (Å²) in [4.78, 5) is 28.8. The molecule has 0 spiro atoms. The van der Waals surface area contributed by atoms with Gasteiger partial charge in [-0.3, -0.25) is 14.2 Å². The van der Waals surface area contributed by atoms with Crippen LogP contribution in [-0.4, -0.2) is 37.4 Å². The number of rotatable bonds is 5. The number of ketones is 1. The number of Topliss-reactive ketones (excluding diaryl/α,β-unsaturated/α-hetero) is 1. The maximum Gasteiger partial charge on any atom is 0.283 e. The maximum absolute atomic E-state index is 12.4. The first-order valence-corrected chi connectivity index (χ1v) is 7.10. The van der Waals surface area contributed by atoms with Gasteiger partial charge in [-0.25, -0.2) is 9.67 Å². The van der Waals surface area contributed by atoms with Gasteiger partial charge in [0.1, 0.15) is 12.1 Å². The van der Waals surface area contributed by atoms with Crippen molar-refractivity contribution in [3.8, 4) is 5.75 Å². The van der Waals surface area contributed by atoms with Gasteiger partial charge in [-0.05, 0) is 31.2 Å². The number of nitrogens with zero attached hydrogens (tertiary/aromatic N) is 5. The third kappa shape index (κ3) is 2.70. The van der Waals surface area contributed by atoms with Crippen molar-refractivity contribution < 1.29 is 9.53 Å². The van der Waals surface area contributed by atoms with Crippen molar-refractivity contribution in [1.82, 2.24) is 24.5 Å². The number of fused-ring (bicyclic) bond motifs is 1. The molecule has 0 aliphatic carbocycles. The van der Waals surface area contributed by atoms with Crippen molar-refractivity contribution in [3.05, 3.63) is 46.5 Å². The first-order valence-electron chi connectivity index (χ1n) is 7.10. The quantitative estimate of drug-likeness (QED) is 0.650. The van der Waals surface area contributed by atoms with Gasteiger partial charge in [0.25, 0.3) is 5.56 Å². The van der Waals surface area contributed by atoms with Gasteiger partial charge in [0.2, 0.25) is 0 Å². The summed E-state index contributed by atoms with van der Waals surface area (Å²) in [5.41, 5.74) is 0.703. The number of benzene rings is 1. The Hall–Kier alpha value is -3.03. The first-order chi connectivity index (χ1) is 11.1. The fraction of sp³-hybridized carbons (Fsp3) is 0.267. The van der Waals surface area contributed by atoms with E-state index < -0.39 is 0 Å². The minimum atomic E-state index is -0.378. The lowest BCUT2D eigenvalue weighted by molar-refractivity contribution is 0.0970. The summed E-state index contributed by atoms with van der Waals surface area (Å²) in [5, 5.41) is 7.71. The molecule has 1 aromatic carbocycles. The van der Waals surface area contributed by atoms with Gasteiger partial charge in [-0.15, -0.1) is 5.10 Å². The zero-order valence-corrected chi connectivity index (χ0v) is 12.8. The van der Waals surface area contributed by atoms with Crippen LogP contribution in [0.25, 0.3) is 11.2 Å². The average Bonchev–Trinajstić information content (AvgIpc) is 3.01. The Kier molecular flexibility index (Phi) is 3.88. The Balaban J connectivity index is 1.90. The third-order valence-electron chi connectivity index (χ3n) is 3.52. The summed E-state index contributed by atoms with van der Waals surface area (Å²) in [6.45, 7) is 2.35. The Bertz CT molecular complexity index is 911. The molecule has 0 aliphatic rings. The zero-order valence-electron chi connectivity index (χ0n) is 12.8. The Morgan fingerprint density at radius 3 is 2.65 bits per heavy atom. The van der Waals surface area contributed by atoms with E-state index in [9.17, 15) is 9.59 Å². The van der Waals surface area contributed by atoms with E-state index in [0.717, 1.165) is 0 Å². The van der Waals surface area contributed by atoms with Crippen LogP contribution in [0.5, 0.6) is 5.75 Å². The van der Waals surface area contributed by atoms with Crippen LogP contribution in [0.15, 0.2) is 35.4 Å². The monoisotopic (exact) mass is 313 g/mol. The number of hydrogen-bond acceptors (Lipinski definition) is 6. The molecule has 2 aromatic heterocycles. The van der Waals surface area contributed by atoms with E-state index in [4.69, 9.17) is 4.74 Å². The van der Waals surface area contributed by atoms with Gasteiger partial charge in [0, 0.05) is 12.1 Å². The van der Waals surface area contributed by atoms with E-state index in [1.54, 1.807) is 31.4 Å². The van der Waals surface area contributed by atoms with Gasteiger partial charge in [-0.1, -0.05) is 5.21 Å². The second kappa shape index (κ2) is 5.99. The molecule has 8 nitrogen and oxygen atoms in total. The maximum atomic E-state index is 12.4. The van der Waals surface area contributed by atoms with Gasteiger partial charge in [0.15, 0.2) is 16.9 Å². The number of carbonyl (C=O) groups is 1. The predicted octanol–water partition coefficient (Wildman–Crippen LogP) is 0.899. The zero-order chi connectivity index (χ0) is 16.4. The lowest BCUT2D eigenvalue weighted by atomic mass is 10.1. The Morgan fingerprint density at radius 2 is 2.00 bits per heavy atom. The summed E-state index contributed by atoms with van der Waals surface area (Å²) < 4.78 is 7.83. The van der Waals surface area contributed by atoms with E-state index >= 15 is 0 Å². The summed E-state index contributed by atoms with van der Waals surface area (Å²) in [5.74, 6) is 0.469. The molecule has 0 unspecified atom stereocenters. The molecule has 2 heterocycles. The highest BCUT2D eigenvalue weighted by atomic mass is 16.5. The highest BCUT2D eigenvalue weighted by molar-refractivity contribution is 5.96. The van der Waals surface area contributed by atoms with Gasteiger partial charge in [0.05, 0.1) is 13.7 Å². The van der Waals surface area contributed by atoms with Crippen LogP contribution in [-0.2, 0) is 13.1 Å². The van der Waals surface area contributed by atoms with Crippen molar-refractivity contribution in [1.29, 1.82) is 0 Å². The van der Waals surface area contributed by atoms with Crippen molar-refractivity contribution in [2.75, 3.05) is 7.11 Å². The normalized spacial score (nSPS) is 10.9. The smallest absolute Gasteiger partial charge is 0.283 e. The van der Waals surface area contributed by atoms with E-state index in [1.807, 2.05) is 6.92 Å². The van der Waals surface area contributed by atoms with Crippen LogP contribution in [0.1, 0.15) is 17.3 Å². The summed E-state index contributed by atoms with van der Waals surface area (Å²) in [6.07, 6.45) is 1.35. The van der Waals surface area contributed by atoms with Crippen LogP contribution < -0.4 is 10.3 Å². The second-order valence-corrected chi connectivity index (χ2v) is 4.91. The number of ether oxygens (including phenoxy) is 1. The molecule has 0 saturated heterocycles. The number of hydrogen-bond donors (Lipinski definition) is 0. The van der Waals surface area contributed by atoms with Crippen molar-refractivity contribution in [3.63, 3.8) is 0 Å². The molecule has 0 amide bonds. The summed E-state index contributed by atoms with van der Waals surface area (Å²) in [7, 11) is 1.56. The molecule has 8 heteroatoms. The van der Waals surface area contributed by atoms with E-state index in [-0.39, 0.29) is 23.4 Å². The van der Waals surface area contributed by atoms with Crippen LogP contribution >= 0.6 is 0 Å². The highest BCUT2D eigenvalue weighted by Crippen LogP contribution is 2.12. The van der Waals surface area contributed by atoms with Gasteiger partial charge < -0.3 is 4.74 Å². The summed E-state index contributed by atoms with van der Waals surface area (Å²) >= 11 is 0. The minimum Gasteiger partial charge on any atom is -0.497 e. The molecule has 0 aliphatic heterocycles. The number of aryl methyl sites for hydroxylation is 1. The molecule has 3 rings (SSSR count). The van der Waals surface area contributed by atoms with Crippen LogP contribution in [0.2, 0.25) is 0 Å². The average molecular weight is 313 g/mol. The van der Waals surface area contributed by atoms with Gasteiger partial charge in [-0.2, -0.15) is 0 Å². The van der Waals surface area contributed by atoms with E-state index in [0.29, 0.717) is 23.5 Å². The molecule has 0 saturated carbocycles. The standard InChI is InChI=1S/C15H15N5O3/c1-3-20-14-13(17-18-20)15(22)19(9-16-14)8-12(21)10-4-6-11(23-2)7-5-10/h4-7,9H,3,8H2,1-2H3. The lowest BCUT2D eigenvalue weighted by Crippen LogP contribution is -2.25. The largest absolute Gasteiger partial charge is 0.497 e. The first kappa shape index (κ1) is 14.9. The van der Waals surface area contributed by atoms with Crippen LogP contribution in [0, 0.1) is 0 Å². The van der Waals surface area contributed by atoms with Crippen molar-refractivity contribution >= 4 is 16.9 Å². The predicted molar refractivity (Wildman–Crippen MR) is 82.6 cm³/mol. The van der Waals surface area contributed by atoms with Crippen molar-refractivity contribution in [2.24, 2.45) is 0 Å². The van der Waals surface area contributed by atoms with Crippen LogP contribution in [0.3, 0.4) is 0 Å². The fourth-order valence-electron chi connectivity index (χ4n) is 2.24. The second-order valence-electron chi connectivity index (χ2n) is 4.91. The van der Waals surface area contributed by atoms with E-state index in [1.165, 1.54) is 15.6 Å². The third-order valence-corrected chi connectivity index (χ3v) is 3.52. The molecule has 3 aromatic rings. The summed E-state index contributed by atoms with van der Waals surface area (Å²) in [6, 6.07) is 6.71. The van der Waals surface area contributed by atoms with Crippen molar-refractivity contribution in [2.45, 2.75) is 20.0 Å². The molecular formula is C15H15N5O3. The van der Waals surface area contributed by atoms with Gasteiger partial charge >= 0.3 is 0 Å². The molecule has 0 atom stereocenters. The minimum absolute atomic E-state index is 0.104. The number of methoxy groups -OCH3 is 1. The number of aromatic nitrogens is 5. The lowest BCUT2D eigenvalue weighted by Gasteiger charge is -2.05. The molecule has 0 N–H and O–H groups in total.